The molecule has 0 radical (unpaired) electrons. The Hall–Kier alpha value is -3.11. The molecule has 7 nitrogen and oxygen atoms in total. The second-order valence-electron chi connectivity index (χ2n) is 5.01. The number of benzene rings is 1. The predicted octanol–water partition coefficient (Wildman–Crippen LogP) is 0.900. The van der Waals surface area contributed by atoms with Crippen molar-refractivity contribution >= 4 is 17.1 Å². The third-order valence-electron chi connectivity index (χ3n) is 3.32. The van der Waals surface area contributed by atoms with Gasteiger partial charge in [-0.1, -0.05) is 30.2 Å². The first-order valence-electron chi connectivity index (χ1n) is 6.97. The Morgan fingerprint density at radius 2 is 2.04 bits per heavy atom. The van der Waals surface area contributed by atoms with Gasteiger partial charge in [0.25, 0.3) is 5.56 Å². The number of H-pyrrole nitrogens is 1. The van der Waals surface area contributed by atoms with Crippen LogP contribution in [0.25, 0.3) is 11.2 Å². The molecule has 0 aliphatic carbocycles. The SMILES string of the molecule is C#CCOCc1ccc(Cn2cnc3c(=O)[nH]c(N)nc32)cc1. The number of aromatic nitrogens is 4. The summed E-state index contributed by atoms with van der Waals surface area (Å²) in [4.78, 5) is 22.4. The Kier molecular flexibility index (Phi) is 4.08. The van der Waals surface area contributed by atoms with Crippen LogP contribution >= 0.6 is 0 Å². The molecule has 0 spiro atoms. The van der Waals surface area contributed by atoms with Gasteiger partial charge in [-0.3, -0.25) is 9.78 Å². The zero-order valence-corrected chi connectivity index (χ0v) is 12.3. The number of hydrogen-bond donors (Lipinski definition) is 2. The maximum atomic E-state index is 11.8. The number of aromatic amines is 1. The minimum Gasteiger partial charge on any atom is -0.369 e. The third-order valence-corrected chi connectivity index (χ3v) is 3.32. The van der Waals surface area contributed by atoms with Crippen LogP contribution in [0.15, 0.2) is 35.4 Å². The summed E-state index contributed by atoms with van der Waals surface area (Å²) in [5, 5.41) is 0. The number of terminal acetylenes is 1. The fourth-order valence-electron chi connectivity index (χ4n) is 2.25. The highest BCUT2D eigenvalue weighted by molar-refractivity contribution is 5.70. The molecule has 0 atom stereocenters. The van der Waals surface area contributed by atoms with E-state index in [1.807, 2.05) is 24.3 Å². The van der Waals surface area contributed by atoms with Crippen molar-refractivity contribution in [1.29, 1.82) is 0 Å². The van der Waals surface area contributed by atoms with Gasteiger partial charge in [-0.2, -0.15) is 4.98 Å². The van der Waals surface area contributed by atoms with Crippen LogP contribution in [0.1, 0.15) is 11.1 Å². The standard InChI is InChI=1S/C16H15N5O2/c1-2-7-23-9-12-5-3-11(4-6-12)8-21-10-18-13-14(21)19-16(17)20-15(13)22/h1,3-6,10H,7-9H2,(H3,17,19,20,22). The lowest BCUT2D eigenvalue weighted by molar-refractivity contribution is 0.153. The number of imidazole rings is 1. The van der Waals surface area contributed by atoms with E-state index < -0.39 is 0 Å². The van der Waals surface area contributed by atoms with Gasteiger partial charge in [-0.05, 0) is 11.1 Å². The maximum absolute atomic E-state index is 11.8. The third kappa shape index (κ3) is 3.22. The molecule has 116 valence electrons. The molecular formula is C16H15N5O2. The Morgan fingerprint density at radius 3 is 2.78 bits per heavy atom. The van der Waals surface area contributed by atoms with E-state index in [0.29, 0.717) is 25.4 Å². The Labute approximate surface area is 132 Å². The van der Waals surface area contributed by atoms with E-state index in [2.05, 4.69) is 20.9 Å². The van der Waals surface area contributed by atoms with E-state index in [9.17, 15) is 4.79 Å². The molecule has 0 saturated carbocycles. The van der Waals surface area contributed by atoms with E-state index in [1.165, 1.54) is 0 Å². The summed E-state index contributed by atoms with van der Waals surface area (Å²) in [6.07, 6.45) is 6.72. The van der Waals surface area contributed by atoms with E-state index in [1.54, 1.807) is 10.9 Å². The second kappa shape index (κ2) is 6.34. The van der Waals surface area contributed by atoms with E-state index >= 15 is 0 Å². The molecule has 0 aliphatic heterocycles. The van der Waals surface area contributed by atoms with Crippen molar-refractivity contribution in [1.82, 2.24) is 19.5 Å². The zero-order chi connectivity index (χ0) is 16.2. The number of hydrogen-bond acceptors (Lipinski definition) is 5. The van der Waals surface area contributed by atoms with Crippen LogP contribution in [-0.2, 0) is 17.9 Å². The summed E-state index contributed by atoms with van der Waals surface area (Å²) in [6, 6.07) is 7.91. The van der Waals surface area contributed by atoms with Crippen LogP contribution < -0.4 is 11.3 Å². The first-order valence-corrected chi connectivity index (χ1v) is 6.97. The molecule has 1 aromatic carbocycles. The molecule has 0 unspecified atom stereocenters. The molecule has 0 saturated heterocycles. The topological polar surface area (TPSA) is 98.8 Å². The van der Waals surface area contributed by atoms with Crippen LogP contribution in [-0.4, -0.2) is 26.1 Å². The van der Waals surface area contributed by atoms with Gasteiger partial charge in [0.1, 0.15) is 6.61 Å². The summed E-state index contributed by atoms with van der Waals surface area (Å²) < 4.78 is 7.07. The van der Waals surface area contributed by atoms with Crippen LogP contribution in [0.4, 0.5) is 5.95 Å². The number of anilines is 1. The smallest absolute Gasteiger partial charge is 0.280 e. The van der Waals surface area contributed by atoms with Gasteiger partial charge in [0.2, 0.25) is 5.95 Å². The van der Waals surface area contributed by atoms with Crippen molar-refractivity contribution in [2.45, 2.75) is 13.2 Å². The summed E-state index contributed by atoms with van der Waals surface area (Å²) in [5.41, 5.74) is 8.08. The number of nitrogen functional groups attached to an aromatic ring is 1. The number of fused-ring (bicyclic) bond motifs is 1. The Morgan fingerprint density at radius 1 is 1.30 bits per heavy atom. The first-order chi connectivity index (χ1) is 11.2. The van der Waals surface area contributed by atoms with Crippen molar-refractivity contribution < 1.29 is 4.74 Å². The molecular weight excluding hydrogens is 294 g/mol. The monoisotopic (exact) mass is 309 g/mol. The van der Waals surface area contributed by atoms with Gasteiger partial charge in [0.05, 0.1) is 19.5 Å². The van der Waals surface area contributed by atoms with Gasteiger partial charge in [-0.15, -0.1) is 6.42 Å². The molecule has 2 aromatic heterocycles. The van der Waals surface area contributed by atoms with Crippen LogP contribution in [0.5, 0.6) is 0 Å². The molecule has 2 heterocycles. The Bertz CT molecular complexity index is 918. The summed E-state index contributed by atoms with van der Waals surface area (Å²) in [7, 11) is 0. The number of nitrogens with one attached hydrogen (secondary N) is 1. The van der Waals surface area contributed by atoms with Crippen LogP contribution in [0.2, 0.25) is 0 Å². The predicted molar refractivity (Wildman–Crippen MR) is 86.6 cm³/mol. The molecule has 3 N–H and O–H groups in total. The molecule has 0 amide bonds. The fourth-order valence-corrected chi connectivity index (χ4v) is 2.25. The van der Waals surface area contributed by atoms with E-state index in [0.717, 1.165) is 11.1 Å². The van der Waals surface area contributed by atoms with Crippen molar-refractivity contribution in [2.75, 3.05) is 12.3 Å². The molecule has 23 heavy (non-hydrogen) atoms. The highest BCUT2D eigenvalue weighted by Gasteiger charge is 2.09. The number of ether oxygens (including phenoxy) is 1. The normalized spacial score (nSPS) is 10.7. The highest BCUT2D eigenvalue weighted by Crippen LogP contribution is 2.11. The first kappa shape index (κ1) is 14.8. The Balaban J connectivity index is 1.80. The second-order valence-corrected chi connectivity index (χ2v) is 5.01. The summed E-state index contributed by atoms with van der Waals surface area (Å²) in [5.74, 6) is 2.50. The average Bonchev–Trinajstić information content (AvgIpc) is 2.92. The molecule has 0 aliphatic rings. The van der Waals surface area contributed by atoms with Gasteiger partial charge >= 0.3 is 0 Å². The largest absolute Gasteiger partial charge is 0.369 e. The molecule has 3 rings (SSSR count). The van der Waals surface area contributed by atoms with Gasteiger partial charge in [-0.25, -0.2) is 4.98 Å². The van der Waals surface area contributed by atoms with Gasteiger partial charge in [0, 0.05) is 0 Å². The minimum absolute atomic E-state index is 0.0743. The average molecular weight is 309 g/mol. The summed E-state index contributed by atoms with van der Waals surface area (Å²) in [6.45, 7) is 1.31. The molecule has 3 aromatic rings. The lowest BCUT2D eigenvalue weighted by Gasteiger charge is -2.06. The fraction of sp³-hybridized carbons (Fsp3) is 0.188. The van der Waals surface area contributed by atoms with E-state index in [-0.39, 0.29) is 17.0 Å². The van der Waals surface area contributed by atoms with Crippen LogP contribution in [0.3, 0.4) is 0 Å². The summed E-state index contributed by atoms with van der Waals surface area (Å²) >= 11 is 0. The van der Waals surface area contributed by atoms with Crippen molar-refractivity contribution in [3.8, 4) is 12.3 Å². The number of rotatable bonds is 5. The van der Waals surface area contributed by atoms with Crippen molar-refractivity contribution in [3.05, 3.63) is 52.1 Å². The van der Waals surface area contributed by atoms with Gasteiger partial charge < -0.3 is 15.0 Å². The van der Waals surface area contributed by atoms with Crippen molar-refractivity contribution in [2.24, 2.45) is 0 Å². The minimum atomic E-state index is -0.341. The number of nitrogens with two attached hydrogens (primary N) is 1. The van der Waals surface area contributed by atoms with Crippen LogP contribution in [0, 0.1) is 12.3 Å². The highest BCUT2D eigenvalue weighted by atomic mass is 16.5. The maximum Gasteiger partial charge on any atom is 0.280 e. The zero-order valence-electron chi connectivity index (χ0n) is 12.3. The number of nitrogens with zero attached hydrogens (tertiary/aromatic N) is 3. The molecule has 0 fully saturated rings. The van der Waals surface area contributed by atoms with Crippen molar-refractivity contribution in [3.63, 3.8) is 0 Å². The van der Waals surface area contributed by atoms with Gasteiger partial charge in [0.15, 0.2) is 11.2 Å². The van der Waals surface area contributed by atoms with E-state index in [4.69, 9.17) is 16.9 Å². The molecule has 0 bridgehead atoms. The lowest BCUT2D eigenvalue weighted by Crippen LogP contribution is -2.12. The molecule has 7 heteroatoms. The quantitative estimate of drug-likeness (QED) is 0.539. The lowest BCUT2D eigenvalue weighted by atomic mass is 10.1.